The van der Waals surface area contributed by atoms with Crippen LogP contribution in [0, 0.1) is 0 Å². The van der Waals surface area contributed by atoms with Crippen LogP contribution >= 0.6 is 49.3 Å². The lowest BCUT2D eigenvalue weighted by Gasteiger charge is -2.03. The molecule has 0 spiro atoms. The topological polar surface area (TPSA) is 9.23 Å². The van der Waals surface area contributed by atoms with Crippen LogP contribution in [0.5, 0.6) is 0 Å². The number of rotatable bonds is 6. The first-order valence-corrected chi connectivity index (χ1v) is 8.47. The summed E-state index contributed by atoms with van der Waals surface area (Å²) in [6.07, 6.45) is 0. The molecule has 5 heteroatoms. The molecule has 2 rings (SSSR count). The summed E-state index contributed by atoms with van der Waals surface area (Å²) in [6.45, 7) is 0. The minimum absolute atomic E-state index is 0.762. The molecule has 0 saturated carbocycles. The first-order chi connectivity index (χ1) is 9.31. The lowest BCUT2D eigenvalue weighted by molar-refractivity contribution is 0.756. The van der Waals surface area contributed by atoms with E-state index in [0.29, 0.717) is 0 Å². The molecule has 2 aromatic carbocycles. The van der Waals surface area contributed by atoms with Crippen molar-refractivity contribution in [2.45, 2.75) is 21.3 Å². The zero-order valence-corrected chi connectivity index (χ0v) is 13.6. The molecule has 0 unspecified atom stereocenters. The van der Waals surface area contributed by atoms with Gasteiger partial charge in [0.2, 0.25) is 0 Å². The Balaban J connectivity index is 1.81. The quantitative estimate of drug-likeness (QED) is 0.552. The Kier molecular flexibility index (Phi) is 6.53. The van der Waals surface area contributed by atoms with Crippen molar-refractivity contribution in [2.75, 3.05) is 0 Å². The molecule has 0 atom stereocenters. The van der Waals surface area contributed by atoms with Gasteiger partial charge in [-0.05, 0) is 35.4 Å². The van der Waals surface area contributed by atoms with E-state index in [1.165, 1.54) is 35.2 Å². The summed E-state index contributed by atoms with van der Waals surface area (Å²) in [5.41, 5.74) is 2.42. The molecule has 0 aliphatic heterocycles. The molecular weight excluding hydrogens is 312 g/mol. The van der Waals surface area contributed by atoms with Crippen LogP contribution in [0.3, 0.4) is 0 Å². The summed E-state index contributed by atoms with van der Waals surface area (Å²) >= 11 is 11.2. The summed E-state index contributed by atoms with van der Waals surface area (Å²) in [5, 5.41) is 0. The maximum atomic E-state index is 5.55. The number of thiol groups is 2. The van der Waals surface area contributed by atoms with E-state index in [-0.39, 0.29) is 0 Å². The average molecular weight is 327 g/mol. The summed E-state index contributed by atoms with van der Waals surface area (Å²) in [7, 11) is 0. The standard InChI is InChI=1S/C14H14OS4/c16-9-11-1-5-13(6-2-11)18-15-19-14-7-3-12(10-17)4-8-14/h1-8,16-17H,9-10H2. The van der Waals surface area contributed by atoms with Gasteiger partial charge in [0.15, 0.2) is 0 Å². The summed E-state index contributed by atoms with van der Waals surface area (Å²) in [5.74, 6) is 1.52. The van der Waals surface area contributed by atoms with Crippen LogP contribution in [0.1, 0.15) is 11.1 Å². The fourth-order valence-corrected chi connectivity index (χ4v) is 3.08. The fourth-order valence-electron chi connectivity index (χ4n) is 1.40. The molecule has 0 bridgehead atoms. The van der Waals surface area contributed by atoms with Crippen LogP contribution in [0.25, 0.3) is 0 Å². The van der Waals surface area contributed by atoms with E-state index >= 15 is 0 Å². The Morgan fingerprint density at radius 3 is 1.37 bits per heavy atom. The SMILES string of the molecule is SCc1ccc(SOSc2ccc(CS)cc2)cc1. The van der Waals surface area contributed by atoms with Crippen molar-refractivity contribution in [3.63, 3.8) is 0 Å². The molecule has 2 aromatic rings. The summed E-state index contributed by atoms with van der Waals surface area (Å²) < 4.78 is 5.55. The van der Waals surface area contributed by atoms with Crippen molar-refractivity contribution >= 4 is 49.3 Å². The first kappa shape index (κ1) is 15.2. The fraction of sp³-hybridized carbons (Fsp3) is 0.143. The third kappa shape index (κ3) is 5.00. The van der Waals surface area contributed by atoms with Gasteiger partial charge < -0.3 is 0 Å². The van der Waals surface area contributed by atoms with E-state index in [4.69, 9.17) is 3.63 Å². The second-order valence-electron chi connectivity index (χ2n) is 3.84. The van der Waals surface area contributed by atoms with Crippen molar-refractivity contribution in [2.24, 2.45) is 0 Å². The van der Waals surface area contributed by atoms with E-state index in [2.05, 4.69) is 49.5 Å². The molecule has 0 aromatic heterocycles. The Morgan fingerprint density at radius 2 is 1.05 bits per heavy atom. The van der Waals surface area contributed by atoms with Gasteiger partial charge in [0.05, 0.1) is 0 Å². The van der Waals surface area contributed by atoms with E-state index in [1.807, 2.05) is 24.3 Å². The molecule has 0 aliphatic rings. The van der Waals surface area contributed by atoms with Crippen LogP contribution in [0.4, 0.5) is 0 Å². The molecule has 100 valence electrons. The third-order valence-electron chi connectivity index (χ3n) is 2.47. The van der Waals surface area contributed by atoms with Gasteiger partial charge >= 0.3 is 0 Å². The van der Waals surface area contributed by atoms with Crippen LogP contribution in [0.15, 0.2) is 58.3 Å². The van der Waals surface area contributed by atoms with Gasteiger partial charge in [-0.3, -0.25) is 0 Å². The Bertz CT molecular complexity index is 448. The van der Waals surface area contributed by atoms with E-state index in [0.717, 1.165) is 21.3 Å². The minimum atomic E-state index is 0.762. The second-order valence-corrected chi connectivity index (χ2v) is 6.29. The molecule has 0 radical (unpaired) electrons. The molecule has 0 heterocycles. The smallest absolute Gasteiger partial charge is 0.0447 e. The van der Waals surface area contributed by atoms with Gasteiger partial charge in [-0.2, -0.15) is 25.3 Å². The van der Waals surface area contributed by atoms with Crippen molar-refractivity contribution in [3.8, 4) is 0 Å². The highest BCUT2D eigenvalue weighted by Gasteiger charge is 1.99. The lowest BCUT2D eigenvalue weighted by Crippen LogP contribution is -1.79. The Morgan fingerprint density at radius 1 is 0.684 bits per heavy atom. The highest BCUT2D eigenvalue weighted by molar-refractivity contribution is 8.07. The summed E-state index contributed by atoms with van der Waals surface area (Å²) in [6, 6.07) is 16.4. The molecule has 0 saturated heterocycles. The predicted molar refractivity (Wildman–Crippen MR) is 91.1 cm³/mol. The van der Waals surface area contributed by atoms with E-state index < -0.39 is 0 Å². The van der Waals surface area contributed by atoms with Crippen molar-refractivity contribution in [1.29, 1.82) is 0 Å². The number of benzene rings is 2. The van der Waals surface area contributed by atoms with Gasteiger partial charge in [-0.1, -0.05) is 24.3 Å². The van der Waals surface area contributed by atoms with Gasteiger partial charge in [0.1, 0.15) is 0 Å². The maximum Gasteiger partial charge on any atom is 0.0447 e. The summed E-state index contributed by atoms with van der Waals surface area (Å²) in [4.78, 5) is 2.18. The minimum Gasteiger partial charge on any atom is -0.237 e. The van der Waals surface area contributed by atoms with E-state index in [9.17, 15) is 0 Å². The maximum absolute atomic E-state index is 5.55. The van der Waals surface area contributed by atoms with Crippen molar-refractivity contribution < 1.29 is 3.63 Å². The van der Waals surface area contributed by atoms with Crippen LogP contribution in [0.2, 0.25) is 0 Å². The molecule has 1 nitrogen and oxygen atoms in total. The monoisotopic (exact) mass is 326 g/mol. The normalized spacial score (nSPS) is 10.6. The van der Waals surface area contributed by atoms with Gasteiger partial charge in [-0.25, -0.2) is 3.63 Å². The second kappa shape index (κ2) is 8.17. The molecule has 0 amide bonds. The van der Waals surface area contributed by atoms with Crippen LogP contribution in [-0.2, 0) is 15.1 Å². The molecule has 0 aliphatic carbocycles. The molecule has 0 N–H and O–H groups in total. The number of hydrogen-bond donors (Lipinski definition) is 2. The predicted octanol–water partition coefficient (Wildman–Crippen LogP) is 5.28. The Hall–Kier alpha value is -0.200. The zero-order valence-electron chi connectivity index (χ0n) is 10.2. The number of hydrogen-bond acceptors (Lipinski definition) is 5. The van der Waals surface area contributed by atoms with Gasteiger partial charge in [0, 0.05) is 45.4 Å². The highest BCUT2D eigenvalue weighted by Crippen LogP contribution is 2.30. The van der Waals surface area contributed by atoms with E-state index in [1.54, 1.807) is 0 Å². The average Bonchev–Trinajstić information content (AvgIpc) is 2.49. The highest BCUT2D eigenvalue weighted by atomic mass is 32.2. The zero-order chi connectivity index (χ0) is 13.5. The van der Waals surface area contributed by atoms with Gasteiger partial charge in [0.25, 0.3) is 0 Å². The largest absolute Gasteiger partial charge is 0.237 e. The molecular formula is C14H14OS4. The lowest BCUT2D eigenvalue weighted by atomic mass is 10.2. The van der Waals surface area contributed by atoms with Gasteiger partial charge in [-0.15, -0.1) is 0 Å². The Labute approximate surface area is 133 Å². The first-order valence-electron chi connectivity index (χ1n) is 5.72. The van der Waals surface area contributed by atoms with Crippen molar-refractivity contribution in [3.05, 3.63) is 59.7 Å². The molecule has 19 heavy (non-hydrogen) atoms. The van der Waals surface area contributed by atoms with Crippen LogP contribution < -0.4 is 0 Å². The third-order valence-corrected chi connectivity index (χ3v) is 4.68. The van der Waals surface area contributed by atoms with Crippen molar-refractivity contribution in [1.82, 2.24) is 0 Å². The molecule has 0 fully saturated rings. The van der Waals surface area contributed by atoms with Crippen LogP contribution in [-0.4, -0.2) is 0 Å².